The normalized spacial score (nSPS) is 13.1. The molecule has 0 saturated heterocycles. The SMILES string of the molecule is CCC(C(=O)O)c1nc(CC(C)C)c(C)[nH]1. The molecule has 0 aromatic carbocycles. The Bertz CT molecular complexity index is 369. The van der Waals surface area contributed by atoms with Crippen LogP contribution in [0.15, 0.2) is 0 Å². The summed E-state index contributed by atoms with van der Waals surface area (Å²) >= 11 is 0. The van der Waals surface area contributed by atoms with Crippen LogP contribution in [0.1, 0.15) is 50.3 Å². The average molecular weight is 224 g/mol. The van der Waals surface area contributed by atoms with Crippen molar-refractivity contribution < 1.29 is 9.90 Å². The Morgan fingerprint density at radius 2 is 2.12 bits per heavy atom. The smallest absolute Gasteiger partial charge is 0.314 e. The summed E-state index contributed by atoms with van der Waals surface area (Å²) in [4.78, 5) is 18.5. The zero-order valence-electron chi connectivity index (χ0n) is 10.4. The number of nitrogens with one attached hydrogen (secondary N) is 1. The van der Waals surface area contributed by atoms with Crippen LogP contribution in [0.25, 0.3) is 0 Å². The molecule has 1 heterocycles. The van der Waals surface area contributed by atoms with Crippen molar-refractivity contribution >= 4 is 5.97 Å². The van der Waals surface area contributed by atoms with Gasteiger partial charge in [0.2, 0.25) is 0 Å². The first kappa shape index (κ1) is 12.7. The quantitative estimate of drug-likeness (QED) is 0.807. The number of carboxylic acid groups (broad SMARTS) is 1. The second-order valence-corrected chi connectivity index (χ2v) is 4.59. The number of carbonyl (C=O) groups is 1. The van der Waals surface area contributed by atoms with E-state index in [0.717, 1.165) is 17.8 Å². The minimum absolute atomic E-state index is 0.514. The summed E-state index contributed by atoms with van der Waals surface area (Å²) in [5.74, 6) is -0.213. The number of aromatic nitrogens is 2. The van der Waals surface area contributed by atoms with Gasteiger partial charge in [0, 0.05) is 5.69 Å². The minimum atomic E-state index is -0.813. The summed E-state index contributed by atoms with van der Waals surface area (Å²) in [7, 11) is 0. The zero-order chi connectivity index (χ0) is 12.3. The Morgan fingerprint density at radius 3 is 2.56 bits per heavy atom. The molecule has 1 unspecified atom stereocenters. The van der Waals surface area contributed by atoms with E-state index in [-0.39, 0.29) is 0 Å². The fourth-order valence-corrected chi connectivity index (χ4v) is 1.76. The lowest BCUT2D eigenvalue weighted by atomic mass is 10.1. The van der Waals surface area contributed by atoms with Gasteiger partial charge < -0.3 is 10.1 Å². The molecule has 1 aromatic rings. The molecule has 1 atom stereocenters. The molecular formula is C12H20N2O2. The van der Waals surface area contributed by atoms with Crippen molar-refractivity contribution in [2.75, 3.05) is 0 Å². The molecule has 4 nitrogen and oxygen atoms in total. The van der Waals surface area contributed by atoms with E-state index in [1.807, 2.05) is 13.8 Å². The van der Waals surface area contributed by atoms with Gasteiger partial charge in [0.25, 0.3) is 0 Å². The van der Waals surface area contributed by atoms with Gasteiger partial charge in [-0.1, -0.05) is 20.8 Å². The highest BCUT2D eigenvalue weighted by Gasteiger charge is 2.22. The number of imidazole rings is 1. The first-order valence-electron chi connectivity index (χ1n) is 5.73. The number of carboxylic acids is 1. The predicted molar refractivity (Wildman–Crippen MR) is 62.5 cm³/mol. The number of aliphatic carboxylic acids is 1. The molecule has 2 N–H and O–H groups in total. The predicted octanol–water partition coefficient (Wildman–Crippen LogP) is 2.49. The van der Waals surface area contributed by atoms with Crippen LogP contribution in [0.2, 0.25) is 0 Å². The van der Waals surface area contributed by atoms with E-state index in [1.54, 1.807) is 0 Å². The Morgan fingerprint density at radius 1 is 1.50 bits per heavy atom. The van der Waals surface area contributed by atoms with Crippen molar-refractivity contribution in [2.24, 2.45) is 5.92 Å². The van der Waals surface area contributed by atoms with E-state index in [9.17, 15) is 4.79 Å². The van der Waals surface area contributed by atoms with Gasteiger partial charge in [0.1, 0.15) is 11.7 Å². The molecule has 0 bridgehead atoms. The maximum Gasteiger partial charge on any atom is 0.314 e. The summed E-state index contributed by atoms with van der Waals surface area (Å²) in [6, 6.07) is 0. The second kappa shape index (κ2) is 5.14. The number of H-pyrrole nitrogens is 1. The Kier molecular flexibility index (Phi) is 4.10. The molecule has 0 spiro atoms. The molecule has 1 rings (SSSR count). The Labute approximate surface area is 96.1 Å². The van der Waals surface area contributed by atoms with Crippen molar-refractivity contribution in [1.29, 1.82) is 0 Å². The first-order valence-corrected chi connectivity index (χ1v) is 5.73. The van der Waals surface area contributed by atoms with E-state index >= 15 is 0 Å². The van der Waals surface area contributed by atoms with E-state index in [0.29, 0.717) is 18.2 Å². The van der Waals surface area contributed by atoms with Crippen molar-refractivity contribution in [3.05, 3.63) is 17.2 Å². The standard InChI is InChI=1S/C12H20N2O2/c1-5-9(12(15)16)11-13-8(4)10(14-11)6-7(2)3/h7,9H,5-6H2,1-4H3,(H,13,14)(H,15,16). The zero-order valence-corrected chi connectivity index (χ0v) is 10.4. The highest BCUT2D eigenvalue weighted by Crippen LogP contribution is 2.20. The molecule has 0 saturated carbocycles. The van der Waals surface area contributed by atoms with Gasteiger partial charge in [-0.25, -0.2) is 4.98 Å². The number of aromatic amines is 1. The van der Waals surface area contributed by atoms with Crippen LogP contribution in [-0.4, -0.2) is 21.0 Å². The van der Waals surface area contributed by atoms with Crippen LogP contribution in [0.5, 0.6) is 0 Å². The average Bonchev–Trinajstić information content (AvgIpc) is 2.47. The number of nitrogens with zero attached hydrogens (tertiary/aromatic N) is 1. The van der Waals surface area contributed by atoms with Gasteiger partial charge in [-0.05, 0) is 25.7 Å². The largest absolute Gasteiger partial charge is 0.481 e. The van der Waals surface area contributed by atoms with Gasteiger partial charge in [0.05, 0.1) is 5.69 Å². The first-order chi connectivity index (χ1) is 7.45. The van der Waals surface area contributed by atoms with Crippen molar-refractivity contribution in [1.82, 2.24) is 9.97 Å². The number of hydrogen-bond acceptors (Lipinski definition) is 2. The molecule has 0 radical (unpaired) electrons. The van der Waals surface area contributed by atoms with E-state index in [4.69, 9.17) is 5.11 Å². The third-order valence-corrected chi connectivity index (χ3v) is 2.64. The fourth-order valence-electron chi connectivity index (χ4n) is 1.76. The van der Waals surface area contributed by atoms with Crippen molar-refractivity contribution in [2.45, 2.75) is 46.5 Å². The van der Waals surface area contributed by atoms with Crippen molar-refractivity contribution in [3.63, 3.8) is 0 Å². The lowest BCUT2D eigenvalue weighted by Gasteiger charge is -2.05. The molecule has 0 aliphatic heterocycles. The lowest BCUT2D eigenvalue weighted by Crippen LogP contribution is -2.12. The van der Waals surface area contributed by atoms with Crippen molar-refractivity contribution in [3.8, 4) is 0 Å². The topological polar surface area (TPSA) is 66.0 Å². The third kappa shape index (κ3) is 2.84. The van der Waals surface area contributed by atoms with Crippen LogP contribution in [0, 0.1) is 12.8 Å². The van der Waals surface area contributed by atoms with Crippen LogP contribution in [0.3, 0.4) is 0 Å². The number of hydrogen-bond donors (Lipinski definition) is 2. The van der Waals surface area contributed by atoms with Gasteiger partial charge in [-0.2, -0.15) is 0 Å². The molecule has 0 aliphatic rings. The summed E-state index contributed by atoms with van der Waals surface area (Å²) < 4.78 is 0. The van der Waals surface area contributed by atoms with Crippen LogP contribution in [-0.2, 0) is 11.2 Å². The number of rotatable bonds is 5. The molecule has 1 aromatic heterocycles. The summed E-state index contributed by atoms with van der Waals surface area (Å²) in [5, 5.41) is 9.05. The lowest BCUT2D eigenvalue weighted by molar-refractivity contribution is -0.139. The summed E-state index contributed by atoms with van der Waals surface area (Å²) in [5.41, 5.74) is 1.98. The highest BCUT2D eigenvalue weighted by atomic mass is 16.4. The monoisotopic (exact) mass is 224 g/mol. The molecule has 0 aliphatic carbocycles. The summed E-state index contributed by atoms with van der Waals surface area (Å²) in [6.45, 7) is 8.06. The maximum absolute atomic E-state index is 11.0. The van der Waals surface area contributed by atoms with Gasteiger partial charge in [-0.3, -0.25) is 4.79 Å². The van der Waals surface area contributed by atoms with Gasteiger partial charge in [0.15, 0.2) is 0 Å². The van der Waals surface area contributed by atoms with E-state index < -0.39 is 11.9 Å². The Hall–Kier alpha value is -1.32. The molecule has 0 amide bonds. The van der Waals surface area contributed by atoms with Crippen LogP contribution >= 0.6 is 0 Å². The second-order valence-electron chi connectivity index (χ2n) is 4.59. The third-order valence-electron chi connectivity index (χ3n) is 2.64. The van der Waals surface area contributed by atoms with Gasteiger partial charge in [-0.15, -0.1) is 0 Å². The molecule has 0 fully saturated rings. The van der Waals surface area contributed by atoms with Gasteiger partial charge >= 0.3 is 5.97 Å². The fraction of sp³-hybridized carbons (Fsp3) is 0.667. The molecule has 4 heteroatoms. The van der Waals surface area contributed by atoms with E-state index in [1.165, 1.54) is 0 Å². The van der Waals surface area contributed by atoms with Crippen LogP contribution in [0.4, 0.5) is 0 Å². The molecular weight excluding hydrogens is 204 g/mol. The summed E-state index contributed by atoms with van der Waals surface area (Å²) in [6.07, 6.45) is 1.45. The maximum atomic E-state index is 11.0. The number of aryl methyl sites for hydroxylation is 1. The molecule has 16 heavy (non-hydrogen) atoms. The molecule has 90 valence electrons. The van der Waals surface area contributed by atoms with Crippen LogP contribution < -0.4 is 0 Å². The highest BCUT2D eigenvalue weighted by molar-refractivity contribution is 5.74. The van der Waals surface area contributed by atoms with E-state index in [2.05, 4.69) is 23.8 Å². The minimum Gasteiger partial charge on any atom is -0.481 e. The Balaban J connectivity index is 2.94.